The molecule has 0 bridgehead atoms. The average molecular weight is 370 g/mol. The number of hydrogen-bond acceptors (Lipinski definition) is 5. The summed E-state index contributed by atoms with van der Waals surface area (Å²) in [7, 11) is 0. The van der Waals surface area contributed by atoms with Gasteiger partial charge in [0, 0.05) is 32.0 Å². The fourth-order valence-corrected chi connectivity index (χ4v) is 4.25. The molecule has 0 spiro atoms. The molecular formula is C19H19FN4OS. The lowest BCUT2D eigenvalue weighted by molar-refractivity contribution is -0.125. The predicted octanol–water partition coefficient (Wildman–Crippen LogP) is 3.36. The number of benzene rings is 1. The van der Waals surface area contributed by atoms with Crippen LogP contribution in [0.2, 0.25) is 0 Å². The first kappa shape index (κ1) is 16.9. The molecule has 1 fully saturated rings. The topological polar surface area (TPSA) is 58.1 Å². The molecular weight excluding hydrogens is 351 g/mol. The summed E-state index contributed by atoms with van der Waals surface area (Å²) >= 11 is 1.48. The largest absolute Gasteiger partial charge is 0.352 e. The first-order valence-corrected chi connectivity index (χ1v) is 9.48. The minimum Gasteiger partial charge on any atom is -0.352 e. The van der Waals surface area contributed by atoms with Crippen molar-refractivity contribution in [3.8, 4) is 0 Å². The van der Waals surface area contributed by atoms with Crippen LogP contribution in [0.1, 0.15) is 18.4 Å². The number of fused-ring (bicyclic) bond motifs is 1. The predicted molar refractivity (Wildman–Crippen MR) is 101 cm³/mol. The van der Waals surface area contributed by atoms with E-state index in [4.69, 9.17) is 0 Å². The van der Waals surface area contributed by atoms with E-state index in [1.54, 1.807) is 18.5 Å². The number of carbonyl (C=O) groups excluding carboxylic acids is 1. The molecule has 1 aliphatic heterocycles. The van der Waals surface area contributed by atoms with Crippen LogP contribution in [0.25, 0.3) is 10.2 Å². The van der Waals surface area contributed by atoms with Crippen LogP contribution in [-0.4, -0.2) is 29.0 Å². The number of carbonyl (C=O) groups is 1. The van der Waals surface area contributed by atoms with Gasteiger partial charge in [-0.3, -0.25) is 9.78 Å². The smallest absolute Gasteiger partial charge is 0.225 e. The summed E-state index contributed by atoms with van der Waals surface area (Å²) in [6, 6.07) is 8.45. The summed E-state index contributed by atoms with van der Waals surface area (Å²) in [4.78, 5) is 23.3. The van der Waals surface area contributed by atoms with Crippen molar-refractivity contribution in [3.63, 3.8) is 0 Å². The number of thiazole rings is 1. The number of nitrogens with zero attached hydrogens (tertiary/aromatic N) is 3. The second-order valence-electron chi connectivity index (χ2n) is 6.47. The number of halogens is 1. The lowest BCUT2D eigenvalue weighted by Crippen LogP contribution is -2.42. The summed E-state index contributed by atoms with van der Waals surface area (Å²) in [5, 5.41) is 3.86. The van der Waals surface area contributed by atoms with E-state index in [1.165, 1.54) is 23.5 Å². The first-order chi connectivity index (χ1) is 12.7. The molecule has 1 aliphatic rings. The summed E-state index contributed by atoms with van der Waals surface area (Å²) in [5.41, 5.74) is 1.79. The van der Waals surface area contributed by atoms with Crippen LogP contribution >= 0.6 is 11.3 Å². The number of hydrogen-bond donors (Lipinski definition) is 1. The van der Waals surface area contributed by atoms with E-state index in [9.17, 15) is 9.18 Å². The molecule has 2 aromatic heterocycles. The van der Waals surface area contributed by atoms with Crippen molar-refractivity contribution in [1.82, 2.24) is 15.3 Å². The molecule has 26 heavy (non-hydrogen) atoms. The summed E-state index contributed by atoms with van der Waals surface area (Å²) in [6.45, 7) is 2.00. The van der Waals surface area contributed by atoms with Gasteiger partial charge in [0.05, 0.1) is 16.1 Å². The Balaban J connectivity index is 1.42. The Kier molecular flexibility index (Phi) is 4.79. The van der Waals surface area contributed by atoms with E-state index in [0.29, 0.717) is 13.1 Å². The van der Waals surface area contributed by atoms with E-state index in [0.717, 1.165) is 40.3 Å². The Morgan fingerprint density at radius 2 is 2.31 bits per heavy atom. The number of pyridine rings is 1. The monoisotopic (exact) mass is 370 g/mol. The lowest BCUT2D eigenvalue weighted by Gasteiger charge is -2.31. The number of rotatable bonds is 4. The fraction of sp³-hybridized carbons (Fsp3) is 0.316. The third-order valence-electron chi connectivity index (χ3n) is 4.59. The molecule has 0 radical (unpaired) electrons. The molecule has 4 rings (SSSR count). The first-order valence-electron chi connectivity index (χ1n) is 8.67. The van der Waals surface area contributed by atoms with E-state index < -0.39 is 0 Å². The van der Waals surface area contributed by atoms with Crippen LogP contribution < -0.4 is 10.2 Å². The molecule has 1 aromatic carbocycles. The molecule has 134 valence electrons. The van der Waals surface area contributed by atoms with Gasteiger partial charge in [-0.05, 0) is 42.7 Å². The van der Waals surface area contributed by atoms with Gasteiger partial charge >= 0.3 is 0 Å². The summed E-state index contributed by atoms with van der Waals surface area (Å²) < 4.78 is 14.2. The molecule has 1 saturated heterocycles. The Morgan fingerprint density at radius 3 is 3.15 bits per heavy atom. The van der Waals surface area contributed by atoms with Gasteiger partial charge in [-0.2, -0.15) is 0 Å². The van der Waals surface area contributed by atoms with Crippen molar-refractivity contribution in [2.24, 2.45) is 5.92 Å². The second-order valence-corrected chi connectivity index (χ2v) is 7.48. The lowest BCUT2D eigenvalue weighted by atomic mass is 9.97. The number of anilines is 1. The molecule has 1 unspecified atom stereocenters. The van der Waals surface area contributed by atoms with Crippen LogP contribution in [0.15, 0.2) is 42.7 Å². The zero-order valence-corrected chi connectivity index (χ0v) is 15.0. The molecule has 1 atom stereocenters. The number of piperidine rings is 1. The summed E-state index contributed by atoms with van der Waals surface area (Å²) in [6.07, 6.45) is 5.28. The SMILES string of the molecule is O=C(NCc1cccnc1)C1CCCN(c2nc3ccc(F)cc3s2)C1. The summed E-state index contributed by atoms with van der Waals surface area (Å²) in [5.74, 6) is -0.256. The van der Waals surface area contributed by atoms with Gasteiger partial charge in [-0.1, -0.05) is 17.4 Å². The standard InChI is InChI=1S/C19H19FN4OS/c20-15-5-6-16-17(9-15)26-19(23-16)24-8-2-4-14(12-24)18(25)22-11-13-3-1-7-21-10-13/h1,3,5-7,9-10,14H,2,4,8,11-12H2,(H,22,25). The molecule has 7 heteroatoms. The normalized spacial score (nSPS) is 17.4. The molecule has 3 heterocycles. The minimum absolute atomic E-state index is 0.0608. The van der Waals surface area contributed by atoms with Gasteiger partial charge in [-0.15, -0.1) is 0 Å². The van der Waals surface area contributed by atoms with Crippen molar-refractivity contribution in [2.75, 3.05) is 18.0 Å². The van der Waals surface area contributed by atoms with Crippen LogP contribution in [0, 0.1) is 11.7 Å². The highest BCUT2D eigenvalue weighted by Gasteiger charge is 2.27. The van der Waals surface area contributed by atoms with Crippen molar-refractivity contribution in [1.29, 1.82) is 0 Å². The van der Waals surface area contributed by atoms with Crippen LogP contribution in [0.3, 0.4) is 0 Å². The molecule has 5 nitrogen and oxygen atoms in total. The Morgan fingerprint density at radius 1 is 1.38 bits per heavy atom. The van der Waals surface area contributed by atoms with E-state index in [-0.39, 0.29) is 17.6 Å². The van der Waals surface area contributed by atoms with E-state index >= 15 is 0 Å². The maximum absolute atomic E-state index is 13.4. The minimum atomic E-state index is -0.251. The van der Waals surface area contributed by atoms with Gasteiger partial charge in [-0.25, -0.2) is 9.37 Å². The second kappa shape index (κ2) is 7.37. The van der Waals surface area contributed by atoms with Gasteiger partial charge in [0.15, 0.2) is 5.13 Å². The average Bonchev–Trinajstić information content (AvgIpc) is 3.10. The third-order valence-corrected chi connectivity index (χ3v) is 5.67. The zero-order chi connectivity index (χ0) is 17.9. The molecule has 0 saturated carbocycles. The molecule has 1 N–H and O–H groups in total. The maximum Gasteiger partial charge on any atom is 0.225 e. The number of aromatic nitrogens is 2. The fourth-order valence-electron chi connectivity index (χ4n) is 3.22. The van der Waals surface area contributed by atoms with Crippen LogP contribution in [0.5, 0.6) is 0 Å². The highest BCUT2D eigenvalue weighted by molar-refractivity contribution is 7.22. The Labute approximate surface area is 154 Å². The van der Waals surface area contributed by atoms with Crippen molar-refractivity contribution in [2.45, 2.75) is 19.4 Å². The van der Waals surface area contributed by atoms with Crippen molar-refractivity contribution in [3.05, 3.63) is 54.1 Å². The molecule has 0 aliphatic carbocycles. The molecule has 1 amide bonds. The Hall–Kier alpha value is -2.54. The maximum atomic E-state index is 13.4. The zero-order valence-electron chi connectivity index (χ0n) is 14.2. The van der Waals surface area contributed by atoms with E-state index in [2.05, 4.69) is 20.2 Å². The van der Waals surface area contributed by atoms with Crippen molar-refractivity contribution < 1.29 is 9.18 Å². The van der Waals surface area contributed by atoms with Crippen LogP contribution in [0.4, 0.5) is 9.52 Å². The quantitative estimate of drug-likeness (QED) is 0.765. The Bertz CT molecular complexity index is 914. The van der Waals surface area contributed by atoms with Gasteiger partial charge in [0.2, 0.25) is 5.91 Å². The number of amides is 1. The number of nitrogens with one attached hydrogen (secondary N) is 1. The van der Waals surface area contributed by atoms with Gasteiger partial charge in [0.1, 0.15) is 5.82 Å². The van der Waals surface area contributed by atoms with Gasteiger partial charge < -0.3 is 10.2 Å². The van der Waals surface area contributed by atoms with Crippen molar-refractivity contribution >= 4 is 32.6 Å². The highest BCUT2D eigenvalue weighted by atomic mass is 32.1. The van der Waals surface area contributed by atoms with E-state index in [1.807, 2.05) is 12.1 Å². The van der Waals surface area contributed by atoms with Crippen LogP contribution in [-0.2, 0) is 11.3 Å². The highest BCUT2D eigenvalue weighted by Crippen LogP contribution is 2.32. The third kappa shape index (κ3) is 3.67. The van der Waals surface area contributed by atoms with Gasteiger partial charge in [0.25, 0.3) is 0 Å². The molecule has 3 aromatic rings.